The van der Waals surface area contributed by atoms with Crippen LogP contribution in [0.15, 0.2) is 73.7 Å². The zero-order valence-corrected chi connectivity index (χ0v) is 62.6. The van der Waals surface area contributed by atoms with E-state index in [1.165, 1.54) is 60.5 Å². The van der Waals surface area contributed by atoms with Crippen molar-refractivity contribution in [3.63, 3.8) is 0 Å². The Hall–Kier alpha value is -5.10. The minimum Gasteiger partial charge on any atom is -0.255 e. The molecular formula is C74H102N8S5. The molecule has 10 aromatic heterocycles. The number of thiophene rings is 5. The Kier molecular flexibility index (Phi) is 20.6. The number of pyridine rings is 3. The number of rotatable bonds is 0. The zero-order chi connectivity index (χ0) is 65.8. The van der Waals surface area contributed by atoms with Crippen LogP contribution in [-0.2, 0) is 54.1 Å². The molecule has 0 aromatic carbocycles. The van der Waals surface area contributed by atoms with E-state index in [1.807, 2.05) is 46.4 Å². The van der Waals surface area contributed by atoms with Crippen molar-refractivity contribution in [1.29, 1.82) is 5.26 Å². The van der Waals surface area contributed by atoms with E-state index in [9.17, 15) is 5.26 Å². The zero-order valence-electron chi connectivity index (χ0n) is 58.5. The van der Waals surface area contributed by atoms with E-state index in [0.717, 1.165) is 43.0 Å². The highest BCUT2D eigenvalue weighted by molar-refractivity contribution is 7.20. The lowest BCUT2D eigenvalue weighted by atomic mass is 9.84. The molecule has 0 saturated carbocycles. The molecule has 0 aliphatic carbocycles. The van der Waals surface area contributed by atoms with Crippen LogP contribution >= 0.6 is 56.7 Å². The smallest absolute Gasteiger partial charge is 0.127 e. The van der Waals surface area contributed by atoms with Gasteiger partial charge in [0.2, 0.25) is 0 Å². The summed E-state index contributed by atoms with van der Waals surface area (Å²) in [4.78, 5) is 40.3. The molecule has 0 saturated heterocycles. The first-order valence-corrected chi connectivity index (χ1v) is 34.6. The molecule has 0 unspecified atom stereocenters. The third-order valence-electron chi connectivity index (χ3n) is 14.6. The summed E-state index contributed by atoms with van der Waals surface area (Å²) in [6.07, 6.45) is 8.95. The first-order chi connectivity index (χ1) is 39.4. The van der Waals surface area contributed by atoms with Gasteiger partial charge in [-0.05, 0) is 102 Å². The second-order valence-electron chi connectivity index (χ2n) is 33.5. The van der Waals surface area contributed by atoms with Crippen LogP contribution < -0.4 is 0 Å². The molecule has 87 heavy (non-hydrogen) atoms. The molecule has 0 bridgehead atoms. The summed E-state index contributed by atoms with van der Waals surface area (Å²) in [6.45, 7) is 66.8. The molecule has 10 heterocycles. The van der Waals surface area contributed by atoms with Crippen molar-refractivity contribution < 1.29 is 0 Å². The molecule has 0 atom stereocenters. The number of aromatic nitrogens is 7. The van der Waals surface area contributed by atoms with Gasteiger partial charge in [0, 0.05) is 64.6 Å². The van der Waals surface area contributed by atoms with Crippen LogP contribution in [0.5, 0.6) is 0 Å². The van der Waals surface area contributed by atoms with Gasteiger partial charge in [0.25, 0.3) is 0 Å². The molecule has 0 fully saturated rings. The summed E-state index contributed by atoms with van der Waals surface area (Å²) in [5, 5.41) is 11.9. The molecule has 0 N–H and O–H groups in total. The van der Waals surface area contributed by atoms with E-state index in [2.05, 4.69) is 291 Å². The van der Waals surface area contributed by atoms with Crippen LogP contribution in [-0.4, -0.2) is 34.9 Å². The molecule has 468 valence electrons. The first kappa shape index (κ1) is 71.0. The Morgan fingerprint density at radius 2 is 0.701 bits per heavy atom. The van der Waals surface area contributed by atoms with Gasteiger partial charge < -0.3 is 0 Å². The third-order valence-corrected chi connectivity index (χ3v) is 22.3. The monoisotopic (exact) mass is 1260 g/mol. The van der Waals surface area contributed by atoms with Crippen molar-refractivity contribution in [1.82, 2.24) is 34.9 Å². The molecule has 0 amide bonds. The van der Waals surface area contributed by atoms with Crippen LogP contribution in [0.3, 0.4) is 0 Å². The summed E-state index contributed by atoms with van der Waals surface area (Å²) in [5.41, 5.74) is 11.5. The predicted molar refractivity (Wildman–Crippen MR) is 385 cm³/mol. The average Bonchev–Trinajstić information content (AvgIpc) is 1.82. The largest absolute Gasteiger partial charge is 0.255 e. The standard InChI is InChI=1S/C16H20N2S.2C15H21NS.2C14H20N2S/c1-15(2,3)12-7-11-14(19-12)13(16(4,5)6)10(8-17)9-18-11;1-14(2,3)11-7-8-16-13-10(11)9-12(17-13)15(4,5)6;1-14(2,3)10-7-8-16-11-9-12(15(4,5)6)17-13(10)11;1-13(2,3)10-7-9-11(17-10)12(14(4,5)6)16-8-15-9;1-13(2,3)10-7-9-11(14(4,5)6)15-8-16-12(9)17-10/h7,9H,1-6H3;2*7-9H,1-6H3;2*7-8H,1-6H3. The molecule has 0 aliphatic rings. The Morgan fingerprint density at radius 1 is 0.322 bits per heavy atom. The number of hydrogen-bond donors (Lipinski definition) is 0. The second kappa shape index (κ2) is 25.3. The minimum atomic E-state index is -0.0493. The molecule has 0 radical (unpaired) electrons. The Balaban J connectivity index is 0.000000174. The van der Waals surface area contributed by atoms with Crippen molar-refractivity contribution in [3.05, 3.63) is 132 Å². The van der Waals surface area contributed by atoms with E-state index in [0.29, 0.717) is 5.56 Å². The fraction of sp³-hybridized carbons (Fsp3) is 0.541. The third kappa shape index (κ3) is 17.4. The summed E-state index contributed by atoms with van der Waals surface area (Å²) >= 11 is 9.11. The van der Waals surface area contributed by atoms with Gasteiger partial charge in [-0.2, -0.15) is 5.26 Å². The minimum absolute atomic E-state index is 0.0493. The number of nitriles is 1. The SMILES string of the molecule is CC(C)(C)c1cc2c(C(C)(C)C)ccnc2s1.CC(C)(C)c1cc2c(C(C)(C)C)ncnc2s1.CC(C)(C)c1cc2ncc(C#N)c(C(C)(C)C)c2s1.CC(C)(C)c1cc2nccc(C(C)(C)C)c2s1.CC(C)(C)c1cc2ncnc(C(C)(C)C)c2s1. The molecule has 8 nitrogen and oxygen atoms in total. The highest BCUT2D eigenvalue weighted by Gasteiger charge is 2.29. The molecular weight excluding hydrogens is 1160 g/mol. The molecule has 10 rings (SSSR count). The maximum atomic E-state index is 9.32. The predicted octanol–water partition coefficient (Wildman–Crippen LogP) is 23.1. The Labute approximate surface area is 543 Å². The van der Waals surface area contributed by atoms with Gasteiger partial charge in [-0.3, -0.25) is 9.97 Å². The fourth-order valence-electron chi connectivity index (χ4n) is 9.62. The lowest BCUT2D eigenvalue weighted by Crippen LogP contribution is -2.14. The second-order valence-corrected chi connectivity index (χ2v) is 38.7. The number of nitrogens with zero attached hydrogens (tertiary/aromatic N) is 8. The van der Waals surface area contributed by atoms with Crippen LogP contribution in [0.1, 0.15) is 266 Å². The van der Waals surface area contributed by atoms with E-state index in [-0.39, 0.29) is 54.1 Å². The summed E-state index contributed by atoms with van der Waals surface area (Å²) in [5.74, 6) is 0. The van der Waals surface area contributed by atoms with E-state index >= 15 is 0 Å². The van der Waals surface area contributed by atoms with Gasteiger partial charge in [-0.1, -0.05) is 208 Å². The molecule has 10 aromatic rings. The summed E-state index contributed by atoms with van der Waals surface area (Å²) < 4.78 is 3.76. The van der Waals surface area contributed by atoms with Crippen LogP contribution in [0.2, 0.25) is 0 Å². The summed E-state index contributed by atoms with van der Waals surface area (Å²) in [6, 6.07) is 17.8. The lowest BCUT2D eigenvalue weighted by Gasteiger charge is -2.21. The maximum Gasteiger partial charge on any atom is 0.127 e. The van der Waals surface area contributed by atoms with Crippen molar-refractivity contribution in [3.8, 4) is 6.07 Å². The van der Waals surface area contributed by atoms with Crippen molar-refractivity contribution >= 4 is 108 Å². The highest BCUT2D eigenvalue weighted by atomic mass is 32.1. The van der Waals surface area contributed by atoms with Crippen LogP contribution in [0, 0.1) is 11.3 Å². The van der Waals surface area contributed by atoms with Gasteiger partial charge in [0.15, 0.2) is 0 Å². The quantitative estimate of drug-likeness (QED) is 0.147. The van der Waals surface area contributed by atoms with Crippen molar-refractivity contribution in [2.45, 2.75) is 262 Å². The van der Waals surface area contributed by atoms with Crippen molar-refractivity contribution in [2.24, 2.45) is 0 Å². The van der Waals surface area contributed by atoms with Gasteiger partial charge in [0.1, 0.15) is 28.4 Å². The maximum absolute atomic E-state index is 9.32. The number of hydrogen-bond acceptors (Lipinski definition) is 13. The topological polar surface area (TPSA) is 114 Å². The Bertz CT molecular complexity index is 3640. The van der Waals surface area contributed by atoms with Crippen LogP contribution in [0.4, 0.5) is 0 Å². The fourth-order valence-corrected chi connectivity index (χ4v) is 16.0. The van der Waals surface area contributed by atoms with Crippen LogP contribution in [0.25, 0.3) is 51.1 Å². The normalized spacial score (nSPS) is 13.2. The first-order valence-electron chi connectivity index (χ1n) is 30.6. The molecule has 0 spiro atoms. The van der Waals surface area contributed by atoms with Gasteiger partial charge in [-0.15, -0.1) is 56.7 Å². The number of fused-ring (bicyclic) bond motifs is 5. The van der Waals surface area contributed by atoms with Gasteiger partial charge >= 0.3 is 0 Å². The highest BCUT2D eigenvalue weighted by Crippen LogP contribution is 2.44. The summed E-state index contributed by atoms with van der Waals surface area (Å²) in [7, 11) is 0. The van der Waals surface area contributed by atoms with E-state index in [4.69, 9.17) is 0 Å². The van der Waals surface area contributed by atoms with Gasteiger partial charge in [-0.25, -0.2) is 24.9 Å². The average molecular weight is 1260 g/mol. The Morgan fingerprint density at radius 3 is 1.15 bits per heavy atom. The molecule has 13 heteroatoms. The molecule has 0 aliphatic heterocycles. The van der Waals surface area contributed by atoms with Crippen molar-refractivity contribution in [2.75, 3.05) is 0 Å². The van der Waals surface area contributed by atoms with Gasteiger partial charge in [0.05, 0.1) is 47.6 Å². The lowest BCUT2D eigenvalue weighted by molar-refractivity contribution is 0.573. The van der Waals surface area contributed by atoms with E-state index < -0.39 is 0 Å². The van der Waals surface area contributed by atoms with E-state index in [1.54, 1.807) is 41.5 Å².